The van der Waals surface area contributed by atoms with E-state index in [1.807, 2.05) is 6.07 Å². The first-order valence-corrected chi connectivity index (χ1v) is 7.46. The van der Waals surface area contributed by atoms with Crippen LogP contribution in [0.1, 0.15) is 44.0 Å². The second-order valence-corrected chi connectivity index (χ2v) is 6.06. The zero-order valence-electron chi connectivity index (χ0n) is 12.1. The van der Waals surface area contributed by atoms with Crippen LogP contribution >= 0.6 is 0 Å². The predicted molar refractivity (Wildman–Crippen MR) is 79.2 cm³/mol. The van der Waals surface area contributed by atoms with Crippen molar-refractivity contribution in [1.82, 2.24) is 19.9 Å². The smallest absolute Gasteiger partial charge is 0.272 e. The molecule has 1 saturated heterocycles. The topological polar surface area (TPSA) is 62.2 Å². The van der Waals surface area contributed by atoms with Gasteiger partial charge in [0.1, 0.15) is 0 Å². The fourth-order valence-electron chi connectivity index (χ4n) is 2.85. The van der Waals surface area contributed by atoms with Gasteiger partial charge < -0.3 is 5.32 Å². The lowest BCUT2D eigenvalue weighted by molar-refractivity contribution is 0.373. The Bertz CT molecular complexity index is 649. The maximum absolute atomic E-state index is 12.2. The van der Waals surface area contributed by atoms with E-state index in [2.05, 4.69) is 29.2 Å². The van der Waals surface area contributed by atoms with Crippen LogP contribution in [-0.2, 0) is 6.42 Å². The van der Waals surface area contributed by atoms with Crippen LogP contribution in [0.4, 0.5) is 0 Å². The molecule has 1 aliphatic heterocycles. The molecule has 1 atom stereocenters. The lowest BCUT2D eigenvalue weighted by atomic mass is 9.94. The highest BCUT2D eigenvalue weighted by Crippen LogP contribution is 2.16. The molecule has 0 spiro atoms. The molecule has 0 aliphatic carbocycles. The van der Waals surface area contributed by atoms with Gasteiger partial charge in [-0.25, -0.2) is 9.50 Å². The summed E-state index contributed by atoms with van der Waals surface area (Å²) in [4.78, 5) is 16.8. The van der Waals surface area contributed by atoms with Crippen LogP contribution in [0.2, 0.25) is 0 Å². The molecule has 0 radical (unpaired) electrons. The van der Waals surface area contributed by atoms with E-state index in [9.17, 15) is 4.79 Å². The lowest BCUT2D eigenvalue weighted by Gasteiger charge is -2.22. The second kappa shape index (κ2) is 5.40. The number of aromatic amines is 1. The van der Waals surface area contributed by atoms with Gasteiger partial charge in [-0.1, -0.05) is 13.8 Å². The maximum atomic E-state index is 12.2. The molecule has 5 nitrogen and oxygen atoms in total. The van der Waals surface area contributed by atoms with Crippen molar-refractivity contribution in [2.45, 2.75) is 39.0 Å². The number of nitrogens with zero attached hydrogens (tertiary/aromatic N) is 2. The molecule has 1 aliphatic rings. The molecule has 2 N–H and O–H groups in total. The second-order valence-electron chi connectivity index (χ2n) is 6.06. The van der Waals surface area contributed by atoms with Gasteiger partial charge in [-0.15, -0.1) is 0 Å². The van der Waals surface area contributed by atoms with Crippen LogP contribution in [0.15, 0.2) is 16.9 Å². The maximum Gasteiger partial charge on any atom is 0.272 e. The van der Waals surface area contributed by atoms with Gasteiger partial charge in [0.15, 0.2) is 5.65 Å². The minimum atomic E-state index is -0.0133. The largest absolute Gasteiger partial charge is 0.316 e. The fraction of sp³-hybridized carbons (Fsp3) is 0.600. The number of hydrogen-bond acceptors (Lipinski definition) is 3. The lowest BCUT2D eigenvalue weighted by Crippen LogP contribution is -2.31. The van der Waals surface area contributed by atoms with Gasteiger partial charge in [-0.3, -0.25) is 9.89 Å². The van der Waals surface area contributed by atoms with Crippen molar-refractivity contribution in [1.29, 1.82) is 0 Å². The highest BCUT2D eigenvalue weighted by atomic mass is 16.1. The Morgan fingerprint density at radius 1 is 1.45 bits per heavy atom. The average Bonchev–Trinajstić information content (AvgIpc) is 2.84. The van der Waals surface area contributed by atoms with Crippen molar-refractivity contribution in [3.63, 3.8) is 0 Å². The molecule has 20 heavy (non-hydrogen) atoms. The SMILES string of the molecule is CC(C)c1cc2nc(CC3CCCNC3)cc(=O)n2[nH]1. The van der Waals surface area contributed by atoms with Gasteiger partial charge in [0.25, 0.3) is 5.56 Å². The van der Waals surface area contributed by atoms with Gasteiger partial charge in [-0.05, 0) is 44.2 Å². The first-order valence-electron chi connectivity index (χ1n) is 7.46. The minimum Gasteiger partial charge on any atom is -0.316 e. The van der Waals surface area contributed by atoms with E-state index >= 15 is 0 Å². The monoisotopic (exact) mass is 274 g/mol. The molecule has 3 rings (SSSR count). The van der Waals surface area contributed by atoms with Gasteiger partial charge in [0.2, 0.25) is 0 Å². The van der Waals surface area contributed by atoms with E-state index in [-0.39, 0.29) is 5.56 Å². The summed E-state index contributed by atoms with van der Waals surface area (Å²) in [5.74, 6) is 0.962. The third kappa shape index (κ3) is 2.63. The highest BCUT2D eigenvalue weighted by Gasteiger charge is 2.16. The fourth-order valence-corrected chi connectivity index (χ4v) is 2.85. The number of H-pyrrole nitrogens is 1. The van der Waals surface area contributed by atoms with E-state index in [1.165, 1.54) is 17.4 Å². The number of rotatable bonds is 3. The summed E-state index contributed by atoms with van der Waals surface area (Å²) in [6, 6.07) is 3.65. The molecule has 1 fully saturated rings. The van der Waals surface area contributed by atoms with Crippen LogP contribution in [0.3, 0.4) is 0 Å². The van der Waals surface area contributed by atoms with Crippen LogP contribution in [-0.4, -0.2) is 27.7 Å². The molecular weight excluding hydrogens is 252 g/mol. The van der Waals surface area contributed by atoms with Gasteiger partial charge >= 0.3 is 0 Å². The number of piperidine rings is 1. The molecule has 2 aromatic rings. The Morgan fingerprint density at radius 3 is 3.00 bits per heavy atom. The van der Waals surface area contributed by atoms with Crippen molar-refractivity contribution >= 4 is 5.65 Å². The molecule has 0 bridgehead atoms. The Labute approximate surface area is 118 Å². The summed E-state index contributed by atoms with van der Waals surface area (Å²) in [5, 5.41) is 6.53. The average molecular weight is 274 g/mol. The summed E-state index contributed by atoms with van der Waals surface area (Å²) in [6.07, 6.45) is 3.33. The zero-order chi connectivity index (χ0) is 14.1. The van der Waals surface area contributed by atoms with E-state index in [0.717, 1.165) is 36.5 Å². The molecule has 0 saturated carbocycles. The van der Waals surface area contributed by atoms with Crippen LogP contribution in [0.5, 0.6) is 0 Å². The summed E-state index contributed by atoms with van der Waals surface area (Å²) < 4.78 is 1.54. The summed E-state index contributed by atoms with van der Waals surface area (Å²) in [6.45, 7) is 6.35. The number of hydrogen-bond donors (Lipinski definition) is 2. The number of aromatic nitrogens is 3. The highest BCUT2D eigenvalue weighted by molar-refractivity contribution is 5.40. The molecule has 3 heterocycles. The molecule has 0 aromatic carbocycles. The zero-order valence-corrected chi connectivity index (χ0v) is 12.1. The Hall–Kier alpha value is -1.62. The predicted octanol–water partition coefficient (Wildman–Crippen LogP) is 1.69. The molecule has 5 heteroatoms. The number of fused-ring (bicyclic) bond motifs is 1. The van der Waals surface area contributed by atoms with Gasteiger partial charge in [0, 0.05) is 23.5 Å². The summed E-state index contributed by atoms with van der Waals surface area (Å²) in [7, 11) is 0. The Kier molecular flexibility index (Phi) is 3.61. The summed E-state index contributed by atoms with van der Waals surface area (Å²) in [5.41, 5.74) is 2.68. The quantitative estimate of drug-likeness (QED) is 0.895. The third-order valence-corrected chi connectivity index (χ3v) is 4.04. The van der Waals surface area contributed by atoms with E-state index < -0.39 is 0 Å². The standard InChI is InChI=1S/C15H22N4O/c1-10(2)13-8-14-17-12(7-15(20)19(14)18-13)6-11-4-3-5-16-9-11/h7-8,10-11,16,18H,3-6,9H2,1-2H3. The van der Waals surface area contributed by atoms with Crippen molar-refractivity contribution in [2.24, 2.45) is 5.92 Å². The normalized spacial score (nSPS) is 19.9. The Morgan fingerprint density at radius 2 is 2.30 bits per heavy atom. The van der Waals surface area contributed by atoms with Crippen LogP contribution < -0.4 is 10.9 Å². The summed E-state index contributed by atoms with van der Waals surface area (Å²) >= 11 is 0. The number of nitrogens with one attached hydrogen (secondary N) is 2. The molecule has 2 aromatic heterocycles. The Balaban J connectivity index is 1.90. The first kappa shape index (κ1) is 13.4. The van der Waals surface area contributed by atoms with E-state index in [1.54, 1.807) is 6.07 Å². The van der Waals surface area contributed by atoms with Crippen molar-refractivity contribution in [3.05, 3.63) is 33.9 Å². The minimum absolute atomic E-state index is 0.0133. The van der Waals surface area contributed by atoms with Crippen molar-refractivity contribution in [3.8, 4) is 0 Å². The van der Waals surface area contributed by atoms with Crippen LogP contribution in [0, 0.1) is 5.92 Å². The molecule has 108 valence electrons. The van der Waals surface area contributed by atoms with Crippen molar-refractivity contribution in [2.75, 3.05) is 13.1 Å². The molecule has 0 amide bonds. The van der Waals surface area contributed by atoms with Gasteiger partial charge in [-0.2, -0.15) is 0 Å². The van der Waals surface area contributed by atoms with Gasteiger partial charge in [0.05, 0.1) is 0 Å². The third-order valence-electron chi connectivity index (χ3n) is 4.04. The van der Waals surface area contributed by atoms with Crippen LogP contribution in [0.25, 0.3) is 5.65 Å². The molecule has 1 unspecified atom stereocenters. The van der Waals surface area contributed by atoms with Crippen molar-refractivity contribution < 1.29 is 0 Å². The first-order chi connectivity index (χ1) is 9.63. The molecular formula is C15H22N4O. The van der Waals surface area contributed by atoms with E-state index in [4.69, 9.17) is 0 Å². The van der Waals surface area contributed by atoms with E-state index in [0.29, 0.717) is 11.8 Å².